The summed E-state index contributed by atoms with van der Waals surface area (Å²) in [6.07, 6.45) is 0.598. The summed E-state index contributed by atoms with van der Waals surface area (Å²) in [5.74, 6) is -0.868. The van der Waals surface area contributed by atoms with E-state index in [2.05, 4.69) is 4.90 Å². The lowest BCUT2D eigenvalue weighted by atomic mass is 10.3. The number of nitrogens with zero attached hydrogens (tertiary/aromatic N) is 1. The van der Waals surface area contributed by atoms with Crippen molar-refractivity contribution in [3.8, 4) is 0 Å². The Morgan fingerprint density at radius 1 is 1.60 bits per heavy atom. The summed E-state index contributed by atoms with van der Waals surface area (Å²) in [4.78, 5) is 14.2. The third-order valence-corrected chi connectivity index (χ3v) is 3.56. The van der Waals surface area contributed by atoms with Gasteiger partial charge in [0.25, 0.3) is 0 Å². The summed E-state index contributed by atoms with van der Waals surface area (Å²) in [6.45, 7) is 2.33. The van der Waals surface area contributed by atoms with E-state index in [-0.39, 0.29) is 6.10 Å². The smallest absolute Gasteiger partial charge is 0.345 e. The fourth-order valence-corrected chi connectivity index (χ4v) is 2.64. The van der Waals surface area contributed by atoms with Gasteiger partial charge in [-0.25, -0.2) is 4.79 Å². The Morgan fingerprint density at radius 3 is 2.93 bits per heavy atom. The summed E-state index contributed by atoms with van der Waals surface area (Å²) in [5, 5.41) is 18.1. The van der Waals surface area contributed by atoms with Crippen LogP contribution >= 0.6 is 11.3 Å². The van der Waals surface area contributed by atoms with E-state index in [1.165, 1.54) is 11.3 Å². The Balaban J connectivity index is 1.96. The van der Waals surface area contributed by atoms with Crippen molar-refractivity contribution in [3.63, 3.8) is 0 Å². The maximum Gasteiger partial charge on any atom is 0.345 e. The van der Waals surface area contributed by atoms with Gasteiger partial charge in [0.2, 0.25) is 0 Å². The number of aliphatic hydroxyl groups excluding tert-OH is 1. The quantitative estimate of drug-likeness (QED) is 0.809. The lowest BCUT2D eigenvalue weighted by Gasteiger charge is -2.12. The Bertz CT molecular complexity index is 363. The highest BCUT2D eigenvalue weighted by Gasteiger charge is 2.20. The second-order valence-corrected chi connectivity index (χ2v) is 4.92. The van der Waals surface area contributed by atoms with Crippen molar-refractivity contribution in [2.24, 2.45) is 0 Å². The maximum absolute atomic E-state index is 10.7. The van der Waals surface area contributed by atoms with Crippen LogP contribution in [0.25, 0.3) is 0 Å². The van der Waals surface area contributed by atoms with Crippen LogP contribution < -0.4 is 0 Å². The highest BCUT2D eigenvalue weighted by Crippen LogP contribution is 2.20. The molecule has 5 heteroatoms. The van der Waals surface area contributed by atoms with Gasteiger partial charge in [-0.05, 0) is 18.6 Å². The number of carbonyl (C=O) groups is 1. The summed E-state index contributed by atoms with van der Waals surface area (Å²) in [5.41, 5.74) is 0. The molecular formula is C10H13NO3S. The van der Waals surface area contributed by atoms with Crippen molar-refractivity contribution in [2.75, 3.05) is 13.1 Å². The van der Waals surface area contributed by atoms with Gasteiger partial charge in [-0.2, -0.15) is 0 Å². The number of aromatic carboxylic acids is 1. The summed E-state index contributed by atoms with van der Waals surface area (Å²) < 4.78 is 0. The number of aliphatic hydroxyl groups is 1. The van der Waals surface area contributed by atoms with Crippen LogP contribution in [-0.2, 0) is 6.54 Å². The molecule has 1 unspecified atom stereocenters. The molecule has 0 amide bonds. The van der Waals surface area contributed by atoms with Crippen LogP contribution in [0.3, 0.4) is 0 Å². The predicted molar refractivity (Wildman–Crippen MR) is 57.2 cm³/mol. The molecule has 15 heavy (non-hydrogen) atoms. The molecule has 82 valence electrons. The zero-order valence-corrected chi connectivity index (χ0v) is 9.04. The predicted octanol–water partition coefficient (Wildman–Crippen LogP) is 1.01. The Hall–Kier alpha value is -0.910. The molecule has 0 radical (unpaired) electrons. The molecule has 0 aliphatic carbocycles. The van der Waals surface area contributed by atoms with Crippen molar-refractivity contribution in [1.82, 2.24) is 4.90 Å². The van der Waals surface area contributed by atoms with E-state index in [4.69, 9.17) is 5.11 Å². The monoisotopic (exact) mass is 227 g/mol. The van der Waals surface area contributed by atoms with Gasteiger partial charge in [-0.1, -0.05) is 0 Å². The van der Waals surface area contributed by atoms with Gasteiger partial charge in [0, 0.05) is 24.5 Å². The third-order valence-electron chi connectivity index (χ3n) is 2.50. The van der Waals surface area contributed by atoms with Gasteiger partial charge >= 0.3 is 5.97 Å². The van der Waals surface area contributed by atoms with Gasteiger partial charge in [0.1, 0.15) is 4.88 Å². The highest BCUT2D eigenvalue weighted by molar-refractivity contribution is 7.13. The zero-order valence-electron chi connectivity index (χ0n) is 8.22. The molecule has 0 aromatic carbocycles. The number of rotatable bonds is 3. The lowest BCUT2D eigenvalue weighted by Crippen LogP contribution is -2.20. The SMILES string of the molecule is O=C(O)c1ccc(CN2CCC(O)C2)s1. The molecular weight excluding hydrogens is 214 g/mol. The minimum Gasteiger partial charge on any atom is -0.477 e. The number of β-amino-alcohol motifs (C(OH)–C–C–N with tert-alkyl or cyclic N) is 1. The maximum atomic E-state index is 10.7. The second-order valence-electron chi connectivity index (χ2n) is 3.75. The molecule has 4 nitrogen and oxygen atoms in total. The highest BCUT2D eigenvalue weighted by atomic mass is 32.1. The van der Waals surface area contributed by atoms with E-state index >= 15 is 0 Å². The van der Waals surface area contributed by atoms with E-state index in [0.29, 0.717) is 11.4 Å². The molecule has 1 aromatic rings. The molecule has 1 fully saturated rings. The van der Waals surface area contributed by atoms with Crippen molar-refractivity contribution in [1.29, 1.82) is 0 Å². The van der Waals surface area contributed by atoms with Crippen molar-refractivity contribution >= 4 is 17.3 Å². The fourth-order valence-electron chi connectivity index (χ4n) is 1.75. The van der Waals surface area contributed by atoms with E-state index in [1.807, 2.05) is 6.07 Å². The van der Waals surface area contributed by atoms with Crippen LogP contribution in [0.4, 0.5) is 0 Å². The van der Waals surface area contributed by atoms with Crippen LogP contribution in [0.15, 0.2) is 12.1 Å². The van der Waals surface area contributed by atoms with Crippen LogP contribution in [0.1, 0.15) is 21.0 Å². The van der Waals surface area contributed by atoms with E-state index < -0.39 is 5.97 Å². The van der Waals surface area contributed by atoms with Crippen LogP contribution in [0, 0.1) is 0 Å². The van der Waals surface area contributed by atoms with Crippen LogP contribution in [0.2, 0.25) is 0 Å². The number of hydrogen-bond acceptors (Lipinski definition) is 4. The molecule has 0 spiro atoms. The minimum atomic E-state index is -0.868. The van der Waals surface area contributed by atoms with E-state index in [1.54, 1.807) is 6.07 Å². The molecule has 0 bridgehead atoms. The summed E-state index contributed by atoms with van der Waals surface area (Å²) in [6, 6.07) is 3.48. The van der Waals surface area contributed by atoms with E-state index in [9.17, 15) is 9.90 Å². The largest absolute Gasteiger partial charge is 0.477 e. The Morgan fingerprint density at radius 2 is 2.40 bits per heavy atom. The molecule has 1 aliphatic rings. The van der Waals surface area contributed by atoms with Gasteiger partial charge < -0.3 is 10.2 Å². The second kappa shape index (κ2) is 4.30. The molecule has 2 N–H and O–H groups in total. The zero-order chi connectivity index (χ0) is 10.8. The first-order valence-electron chi connectivity index (χ1n) is 4.87. The first-order chi connectivity index (χ1) is 7.15. The first kappa shape index (κ1) is 10.6. The summed E-state index contributed by atoms with van der Waals surface area (Å²) >= 11 is 1.31. The molecule has 2 rings (SSSR count). The number of carboxylic acids is 1. The third kappa shape index (κ3) is 2.56. The fraction of sp³-hybridized carbons (Fsp3) is 0.500. The molecule has 1 atom stereocenters. The average Bonchev–Trinajstić information content (AvgIpc) is 2.76. The number of hydrogen-bond donors (Lipinski definition) is 2. The Labute approximate surface area is 91.8 Å². The standard InChI is InChI=1S/C10H13NO3S/c12-7-3-4-11(5-7)6-8-1-2-9(15-8)10(13)14/h1-2,7,12H,3-6H2,(H,13,14). The van der Waals surface area contributed by atoms with Crippen molar-refractivity contribution in [2.45, 2.75) is 19.1 Å². The lowest BCUT2D eigenvalue weighted by molar-refractivity contribution is 0.0702. The van der Waals surface area contributed by atoms with Gasteiger partial charge in [0.05, 0.1) is 6.10 Å². The molecule has 1 saturated heterocycles. The normalized spacial score (nSPS) is 22.1. The number of carboxylic acid groups (broad SMARTS) is 1. The van der Waals surface area contributed by atoms with Gasteiger partial charge in [0.15, 0.2) is 0 Å². The van der Waals surface area contributed by atoms with Crippen molar-refractivity contribution in [3.05, 3.63) is 21.9 Å². The van der Waals surface area contributed by atoms with Gasteiger partial charge in [-0.3, -0.25) is 4.90 Å². The van der Waals surface area contributed by atoms with Crippen LogP contribution in [-0.4, -0.2) is 40.3 Å². The number of thiophene rings is 1. The molecule has 0 saturated carbocycles. The summed E-state index contributed by atoms with van der Waals surface area (Å²) in [7, 11) is 0. The number of likely N-dealkylation sites (tertiary alicyclic amines) is 1. The topological polar surface area (TPSA) is 60.8 Å². The Kier molecular flexibility index (Phi) is 3.04. The molecule has 1 aliphatic heterocycles. The van der Waals surface area contributed by atoms with Crippen molar-refractivity contribution < 1.29 is 15.0 Å². The minimum absolute atomic E-state index is 0.219. The van der Waals surface area contributed by atoms with Gasteiger partial charge in [-0.15, -0.1) is 11.3 Å². The molecule has 2 heterocycles. The van der Waals surface area contributed by atoms with E-state index in [0.717, 1.165) is 24.4 Å². The molecule has 1 aromatic heterocycles. The average molecular weight is 227 g/mol. The first-order valence-corrected chi connectivity index (χ1v) is 5.69. The van der Waals surface area contributed by atoms with Crippen LogP contribution in [0.5, 0.6) is 0 Å².